The second kappa shape index (κ2) is 6.96. The standard InChI is InChI=1S/C18H16N4O3/c1-22-18(24)14-9-5-4-8-13(14)16(21-22)17(23)20-19-11-12-7-3-6-10-15(12)25-2/h3-11H,1-2H3,(H,20,23)/b19-11-. The van der Waals surface area contributed by atoms with Crippen molar-refractivity contribution in [3.63, 3.8) is 0 Å². The molecule has 2 aromatic carbocycles. The smallest absolute Gasteiger partial charge is 0.292 e. The van der Waals surface area contributed by atoms with Gasteiger partial charge in [0, 0.05) is 18.0 Å². The highest BCUT2D eigenvalue weighted by Crippen LogP contribution is 2.15. The number of para-hydroxylation sites is 1. The molecular weight excluding hydrogens is 320 g/mol. The second-order valence-electron chi connectivity index (χ2n) is 5.26. The average Bonchev–Trinajstić information content (AvgIpc) is 2.65. The van der Waals surface area contributed by atoms with Crippen LogP contribution in [-0.2, 0) is 7.05 Å². The fourth-order valence-electron chi connectivity index (χ4n) is 2.45. The van der Waals surface area contributed by atoms with Crippen molar-refractivity contribution in [1.29, 1.82) is 0 Å². The summed E-state index contributed by atoms with van der Waals surface area (Å²) in [6.45, 7) is 0. The molecule has 0 spiro atoms. The zero-order valence-corrected chi connectivity index (χ0v) is 13.8. The maximum Gasteiger partial charge on any atom is 0.292 e. The van der Waals surface area contributed by atoms with Gasteiger partial charge in [-0.2, -0.15) is 10.2 Å². The van der Waals surface area contributed by atoms with Crippen molar-refractivity contribution in [3.05, 3.63) is 70.1 Å². The summed E-state index contributed by atoms with van der Waals surface area (Å²) in [4.78, 5) is 24.5. The Hall–Kier alpha value is -3.48. The second-order valence-corrected chi connectivity index (χ2v) is 5.26. The summed E-state index contributed by atoms with van der Waals surface area (Å²) < 4.78 is 6.36. The van der Waals surface area contributed by atoms with Gasteiger partial charge in [-0.3, -0.25) is 9.59 Å². The molecule has 1 heterocycles. The highest BCUT2D eigenvalue weighted by Gasteiger charge is 2.14. The first-order chi connectivity index (χ1) is 12.1. The van der Waals surface area contributed by atoms with E-state index in [0.29, 0.717) is 16.5 Å². The number of fused-ring (bicyclic) bond motifs is 1. The van der Waals surface area contributed by atoms with Crippen molar-refractivity contribution in [2.75, 3.05) is 7.11 Å². The topological polar surface area (TPSA) is 85.6 Å². The highest BCUT2D eigenvalue weighted by molar-refractivity contribution is 6.05. The van der Waals surface area contributed by atoms with E-state index < -0.39 is 5.91 Å². The van der Waals surface area contributed by atoms with Crippen molar-refractivity contribution in [2.24, 2.45) is 12.1 Å². The Morgan fingerprint density at radius 3 is 2.60 bits per heavy atom. The van der Waals surface area contributed by atoms with Crippen molar-refractivity contribution >= 4 is 22.9 Å². The van der Waals surface area contributed by atoms with Crippen LogP contribution in [-0.4, -0.2) is 29.0 Å². The van der Waals surface area contributed by atoms with Crippen LogP contribution in [0.25, 0.3) is 10.8 Å². The predicted molar refractivity (Wildman–Crippen MR) is 95.0 cm³/mol. The van der Waals surface area contributed by atoms with Gasteiger partial charge in [0.15, 0.2) is 5.69 Å². The number of carbonyl (C=O) groups excluding carboxylic acids is 1. The van der Waals surface area contributed by atoms with Gasteiger partial charge in [0.2, 0.25) is 0 Å². The Labute approximate surface area is 143 Å². The van der Waals surface area contributed by atoms with Gasteiger partial charge in [-0.1, -0.05) is 30.3 Å². The van der Waals surface area contributed by atoms with Gasteiger partial charge in [0.25, 0.3) is 11.5 Å². The number of methoxy groups -OCH3 is 1. The Kier molecular flexibility index (Phi) is 4.56. The summed E-state index contributed by atoms with van der Waals surface area (Å²) in [6.07, 6.45) is 1.49. The number of nitrogens with zero attached hydrogens (tertiary/aromatic N) is 3. The third-order valence-electron chi connectivity index (χ3n) is 3.68. The molecule has 0 radical (unpaired) electrons. The minimum Gasteiger partial charge on any atom is -0.496 e. The van der Waals surface area contributed by atoms with E-state index in [1.807, 2.05) is 18.2 Å². The number of aryl methyl sites for hydroxylation is 1. The molecule has 0 unspecified atom stereocenters. The van der Waals surface area contributed by atoms with Crippen LogP contribution in [0.5, 0.6) is 5.75 Å². The first-order valence-corrected chi connectivity index (χ1v) is 7.54. The predicted octanol–water partition coefficient (Wildman–Crippen LogP) is 1.71. The monoisotopic (exact) mass is 336 g/mol. The van der Waals surface area contributed by atoms with E-state index in [2.05, 4.69) is 15.6 Å². The lowest BCUT2D eigenvalue weighted by Crippen LogP contribution is -2.27. The number of benzene rings is 2. The van der Waals surface area contributed by atoms with E-state index in [4.69, 9.17) is 4.74 Å². The van der Waals surface area contributed by atoms with Gasteiger partial charge in [-0.05, 0) is 18.2 Å². The van der Waals surface area contributed by atoms with E-state index in [-0.39, 0.29) is 11.3 Å². The molecule has 0 bridgehead atoms. The molecule has 0 aliphatic carbocycles. The van der Waals surface area contributed by atoms with Crippen molar-refractivity contribution in [3.8, 4) is 5.75 Å². The van der Waals surface area contributed by atoms with Crippen molar-refractivity contribution < 1.29 is 9.53 Å². The summed E-state index contributed by atoms with van der Waals surface area (Å²) in [5, 5.41) is 8.92. The number of nitrogens with one attached hydrogen (secondary N) is 1. The van der Waals surface area contributed by atoms with E-state index >= 15 is 0 Å². The summed E-state index contributed by atoms with van der Waals surface area (Å²) in [5.41, 5.74) is 3.03. The first-order valence-electron chi connectivity index (χ1n) is 7.54. The van der Waals surface area contributed by atoms with E-state index in [1.165, 1.54) is 13.3 Å². The van der Waals surface area contributed by atoms with Gasteiger partial charge in [0.1, 0.15) is 5.75 Å². The van der Waals surface area contributed by atoms with Gasteiger partial charge in [-0.15, -0.1) is 0 Å². The fraction of sp³-hybridized carbons (Fsp3) is 0.111. The van der Waals surface area contributed by atoms with Crippen LogP contribution < -0.4 is 15.7 Å². The molecule has 0 aliphatic heterocycles. The van der Waals surface area contributed by atoms with E-state index in [9.17, 15) is 9.59 Å². The normalized spacial score (nSPS) is 11.0. The number of ether oxygens (including phenoxy) is 1. The molecule has 0 atom stereocenters. The van der Waals surface area contributed by atoms with Crippen LogP contribution in [0.2, 0.25) is 0 Å². The SMILES string of the molecule is COc1ccccc1/C=N\NC(=O)c1nn(C)c(=O)c2ccccc12. The van der Waals surface area contributed by atoms with Crippen LogP contribution >= 0.6 is 0 Å². The Morgan fingerprint density at radius 2 is 1.84 bits per heavy atom. The molecular formula is C18H16N4O3. The number of hydrogen-bond acceptors (Lipinski definition) is 5. The molecule has 7 heteroatoms. The summed E-state index contributed by atoms with van der Waals surface area (Å²) >= 11 is 0. The van der Waals surface area contributed by atoms with Gasteiger partial charge in [0.05, 0.1) is 18.7 Å². The molecule has 0 saturated heterocycles. The Bertz CT molecular complexity index is 1020. The van der Waals surface area contributed by atoms with Crippen LogP contribution in [0.1, 0.15) is 16.1 Å². The van der Waals surface area contributed by atoms with Crippen molar-refractivity contribution in [2.45, 2.75) is 0 Å². The number of carbonyl (C=O) groups is 1. The minimum atomic E-state index is -0.502. The third kappa shape index (κ3) is 3.25. The molecule has 3 rings (SSSR count). The van der Waals surface area contributed by atoms with Crippen molar-refractivity contribution in [1.82, 2.24) is 15.2 Å². The number of rotatable bonds is 4. The number of hydrogen-bond donors (Lipinski definition) is 1. The minimum absolute atomic E-state index is 0.134. The largest absolute Gasteiger partial charge is 0.496 e. The lowest BCUT2D eigenvalue weighted by Gasteiger charge is -2.07. The zero-order chi connectivity index (χ0) is 17.8. The Morgan fingerprint density at radius 1 is 1.16 bits per heavy atom. The molecule has 0 aliphatic rings. The van der Waals surface area contributed by atoms with Crippen LogP contribution in [0.3, 0.4) is 0 Å². The quantitative estimate of drug-likeness (QED) is 0.580. The molecule has 1 amide bonds. The molecule has 1 aromatic heterocycles. The van der Waals surface area contributed by atoms with Gasteiger partial charge >= 0.3 is 0 Å². The lowest BCUT2D eigenvalue weighted by molar-refractivity contribution is 0.0950. The van der Waals surface area contributed by atoms with Crippen LogP contribution in [0, 0.1) is 0 Å². The molecule has 126 valence electrons. The molecule has 0 saturated carbocycles. The Balaban J connectivity index is 1.90. The fourth-order valence-corrected chi connectivity index (χ4v) is 2.45. The molecule has 7 nitrogen and oxygen atoms in total. The molecule has 3 aromatic rings. The molecule has 25 heavy (non-hydrogen) atoms. The third-order valence-corrected chi connectivity index (χ3v) is 3.68. The summed E-state index contributed by atoms with van der Waals surface area (Å²) in [7, 11) is 3.06. The molecule has 1 N–H and O–H groups in total. The van der Waals surface area contributed by atoms with E-state index in [1.54, 1.807) is 37.4 Å². The van der Waals surface area contributed by atoms with E-state index in [0.717, 1.165) is 10.2 Å². The molecule has 0 fully saturated rings. The lowest BCUT2D eigenvalue weighted by atomic mass is 10.1. The number of hydrazone groups is 1. The number of amides is 1. The average molecular weight is 336 g/mol. The first kappa shape index (κ1) is 16.4. The van der Waals surface area contributed by atoms with Gasteiger partial charge < -0.3 is 4.74 Å². The highest BCUT2D eigenvalue weighted by atomic mass is 16.5. The maximum absolute atomic E-state index is 12.4. The van der Waals surface area contributed by atoms with Crippen LogP contribution in [0.15, 0.2) is 58.4 Å². The zero-order valence-electron chi connectivity index (χ0n) is 13.8. The van der Waals surface area contributed by atoms with Gasteiger partial charge in [-0.25, -0.2) is 10.1 Å². The maximum atomic E-state index is 12.4. The van der Waals surface area contributed by atoms with Crippen LogP contribution in [0.4, 0.5) is 0 Å². The summed E-state index contributed by atoms with van der Waals surface area (Å²) in [6, 6.07) is 14.1. The number of aromatic nitrogens is 2. The summed E-state index contributed by atoms with van der Waals surface area (Å²) in [5.74, 6) is 0.143.